The van der Waals surface area contributed by atoms with E-state index in [2.05, 4.69) is 0 Å². The van der Waals surface area contributed by atoms with Gasteiger partial charge in [-0.25, -0.2) is 4.79 Å². The molecule has 0 atom stereocenters. The maximum Gasteiger partial charge on any atom is 0.336 e. The fourth-order valence-electron chi connectivity index (χ4n) is 1.05. The van der Waals surface area contributed by atoms with Gasteiger partial charge in [-0.3, -0.25) is 0 Å². The second-order valence-corrected chi connectivity index (χ2v) is 2.48. The van der Waals surface area contributed by atoms with E-state index in [9.17, 15) is 4.79 Å². The smallest absolute Gasteiger partial charge is 0.336 e. The molecule has 0 radical (unpaired) electrons. The first-order chi connectivity index (χ1) is 5.75. The summed E-state index contributed by atoms with van der Waals surface area (Å²) in [4.78, 5) is 10.7. The fourth-order valence-corrected chi connectivity index (χ4v) is 1.05. The van der Waals surface area contributed by atoms with Gasteiger partial charge in [0.25, 0.3) is 0 Å². The summed E-state index contributed by atoms with van der Waals surface area (Å²) < 4.78 is 4.83. The Morgan fingerprint density at radius 3 is 2.75 bits per heavy atom. The van der Waals surface area contributed by atoms with E-state index in [1.165, 1.54) is 12.1 Å². The number of aromatic hydroxyl groups is 1. The third kappa shape index (κ3) is 1.05. The quantitative estimate of drug-likeness (QED) is 0.602. The highest BCUT2D eigenvalue weighted by atomic mass is 16.5. The van der Waals surface area contributed by atoms with Crippen molar-refractivity contribution in [1.29, 1.82) is 0 Å². The van der Waals surface area contributed by atoms with Gasteiger partial charge in [-0.2, -0.15) is 0 Å². The van der Waals surface area contributed by atoms with Gasteiger partial charge in [0, 0.05) is 17.5 Å². The Hall–Kier alpha value is -1.77. The molecule has 1 aromatic carbocycles. The SMILES string of the molecule is O=[13c]1[13cH][13cH]c2ccc(O)cc2o1. The third-order valence-electron chi connectivity index (χ3n) is 1.61. The van der Waals surface area contributed by atoms with Crippen LogP contribution in [0.4, 0.5) is 0 Å². The molecule has 0 amide bonds. The van der Waals surface area contributed by atoms with Gasteiger partial charge in [-0.05, 0) is 18.2 Å². The number of hydrogen-bond donors (Lipinski definition) is 1. The monoisotopic (exact) mass is 165 g/mol. The van der Waals surface area contributed by atoms with E-state index < -0.39 is 5.63 Å². The van der Waals surface area contributed by atoms with E-state index in [1.54, 1.807) is 18.2 Å². The molecule has 1 aromatic heterocycles. The Kier molecular flexibility index (Phi) is 1.37. The Morgan fingerprint density at radius 2 is 1.92 bits per heavy atom. The van der Waals surface area contributed by atoms with Crippen molar-refractivity contribution in [2.75, 3.05) is 0 Å². The minimum Gasteiger partial charge on any atom is -0.508 e. The van der Waals surface area contributed by atoms with Gasteiger partial charge in [0.05, 0.1) is 0 Å². The zero-order valence-corrected chi connectivity index (χ0v) is 6.15. The predicted molar refractivity (Wildman–Crippen MR) is 44.1 cm³/mol. The first-order valence-electron chi connectivity index (χ1n) is 3.48. The van der Waals surface area contributed by atoms with Crippen molar-refractivity contribution in [3.63, 3.8) is 0 Å². The van der Waals surface area contributed by atoms with Crippen LogP contribution < -0.4 is 5.63 Å². The minimum atomic E-state index is -0.409. The Bertz CT molecular complexity index is 470. The maximum absolute atomic E-state index is 10.7. The number of rotatable bonds is 0. The molecule has 1 N–H and O–H groups in total. The van der Waals surface area contributed by atoms with E-state index >= 15 is 0 Å². The molecule has 0 fully saturated rings. The fraction of sp³-hybridized carbons (Fsp3) is 0. The number of benzene rings is 1. The molecule has 0 saturated carbocycles. The molecule has 0 saturated heterocycles. The van der Waals surface area contributed by atoms with E-state index in [0.29, 0.717) is 5.58 Å². The van der Waals surface area contributed by atoms with Crippen molar-refractivity contribution in [2.24, 2.45) is 0 Å². The number of hydrogen-bond acceptors (Lipinski definition) is 3. The molecule has 3 heteroatoms. The molecule has 12 heavy (non-hydrogen) atoms. The normalized spacial score (nSPS) is 10.3. The van der Waals surface area contributed by atoms with Crippen LogP contribution in [0.1, 0.15) is 0 Å². The summed E-state index contributed by atoms with van der Waals surface area (Å²) in [7, 11) is 0. The lowest BCUT2D eigenvalue weighted by atomic mass is 10.3. The second-order valence-electron chi connectivity index (χ2n) is 2.48. The lowest BCUT2D eigenvalue weighted by Gasteiger charge is -1.94. The number of phenolic OH excluding ortho intramolecular Hbond substituents is 1. The summed E-state index contributed by atoms with van der Waals surface area (Å²) in [5.41, 5.74) is -0.00407. The van der Waals surface area contributed by atoms with Crippen molar-refractivity contribution < 1.29 is 9.52 Å². The van der Waals surface area contributed by atoms with Gasteiger partial charge in [0.2, 0.25) is 0 Å². The summed E-state index contributed by atoms with van der Waals surface area (Å²) in [6.07, 6.45) is 0. The molecule has 2 aromatic rings. The first kappa shape index (κ1) is 6.91. The van der Waals surface area contributed by atoms with Gasteiger partial charge in [-0.1, -0.05) is 0 Å². The number of phenols is 1. The van der Waals surface area contributed by atoms with E-state index in [-0.39, 0.29) is 5.75 Å². The average Bonchev–Trinajstić information content (AvgIpc) is 2.03. The Labute approximate surface area is 67.9 Å². The minimum absolute atomic E-state index is 0.0943. The summed E-state index contributed by atoms with van der Waals surface area (Å²) >= 11 is 0. The predicted octanol–water partition coefficient (Wildman–Crippen LogP) is 1.50. The zero-order valence-electron chi connectivity index (χ0n) is 6.15. The molecule has 0 unspecified atom stereocenters. The average molecular weight is 165 g/mol. The molecule has 0 bridgehead atoms. The zero-order chi connectivity index (χ0) is 8.55. The molecular weight excluding hydrogens is 159 g/mol. The van der Waals surface area contributed by atoms with Crippen LogP contribution in [-0.4, -0.2) is 5.11 Å². The van der Waals surface area contributed by atoms with Crippen LogP contribution in [0.3, 0.4) is 0 Å². The van der Waals surface area contributed by atoms with Crippen LogP contribution >= 0.6 is 0 Å². The lowest BCUT2D eigenvalue weighted by Crippen LogP contribution is -1.93. The topological polar surface area (TPSA) is 50.4 Å². The van der Waals surface area contributed by atoms with E-state index in [1.807, 2.05) is 0 Å². The highest BCUT2D eigenvalue weighted by molar-refractivity contribution is 5.77. The van der Waals surface area contributed by atoms with Crippen molar-refractivity contribution >= 4 is 11.0 Å². The molecular formula is C9H6O3. The highest BCUT2D eigenvalue weighted by Gasteiger charge is 1.96. The number of fused-ring (bicyclic) bond motifs is 1. The molecule has 60 valence electrons. The maximum atomic E-state index is 10.7. The van der Waals surface area contributed by atoms with Crippen LogP contribution in [0.5, 0.6) is 5.75 Å². The van der Waals surface area contributed by atoms with Crippen LogP contribution in [0.2, 0.25) is 0 Å². The first-order valence-corrected chi connectivity index (χ1v) is 3.48. The lowest BCUT2D eigenvalue weighted by molar-refractivity contribution is 0.473. The third-order valence-corrected chi connectivity index (χ3v) is 1.61. The molecule has 0 aliphatic heterocycles. The van der Waals surface area contributed by atoms with Gasteiger partial charge in [0.1, 0.15) is 11.3 Å². The Morgan fingerprint density at radius 1 is 1.17 bits per heavy atom. The summed E-state index contributed by atoms with van der Waals surface area (Å²) in [5, 5.41) is 9.86. The van der Waals surface area contributed by atoms with Crippen molar-refractivity contribution in [3.05, 3.63) is 40.8 Å². The molecule has 3 nitrogen and oxygen atoms in total. The summed E-state index contributed by atoms with van der Waals surface area (Å²) in [6.45, 7) is 0. The van der Waals surface area contributed by atoms with Crippen molar-refractivity contribution in [2.45, 2.75) is 0 Å². The van der Waals surface area contributed by atoms with Gasteiger partial charge < -0.3 is 9.52 Å². The highest BCUT2D eigenvalue weighted by Crippen LogP contribution is 2.17. The van der Waals surface area contributed by atoms with E-state index in [0.717, 1.165) is 5.39 Å². The molecule has 0 aliphatic carbocycles. The molecule has 2 rings (SSSR count). The van der Waals surface area contributed by atoms with Crippen molar-refractivity contribution in [3.8, 4) is 5.75 Å². The van der Waals surface area contributed by atoms with Crippen molar-refractivity contribution in [1.82, 2.24) is 0 Å². The Balaban J connectivity index is 2.89. The standard InChI is InChI=1S/C9H6O3/c10-7-3-1-6-2-4-9(11)12-8(6)5-7/h1-5,10H/i2+1,4+1,9+1. The second kappa shape index (κ2) is 2.37. The molecule has 1 heterocycles. The summed E-state index contributed by atoms with van der Waals surface area (Å²) in [5.74, 6) is 0.0943. The van der Waals surface area contributed by atoms with Crippen LogP contribution in [0.15, 0.2) is 39.5 Å². The van der Waals surface area contributed by atoms with Gasteiger partial charge in [0.15, 0.2) is 0 Å². The van der Waals surface area contributed by atoms with Crippen LogP contribution in [0.25, 0.3) is 11.0 Å². The van der Waals surface area contributed by atoms with Gasteiger partial charge >= 0.3 is 5.63 Å². The summed E-state index contributed by atoms with van der Waals surface area (Å²) in [6, 6.07) is 7.65. The molecule has 0 spiro atoms. The van der Waals surface area contributed by atoms with Crippen LogP contribution in [0, 0.1) is 0 Å². The largest absolute Gasteiger partial charge is 0.508 e. The van der Waals surface area contributed by atoms with Gasteiger partial charge in [-0.15, -0.1) is 0 Å². The van der Waals surface area contributed by atoms with Crippen LogP contribution in [-0.2, 0) is 0 Å². The van der Waals surface area contributed by atoms with E-state index in [4.69, 9.17) is 9.52 Å². The molecule has 0 aliphatic rings.